The van der Waals surface area contributed by atoms with Gasteiger partial charge in [-0.3, -0.25) is 0 Å². The molecule has 1 aliphatic carbocycles. The van der Waals surface area contributed by atoms with Crippen LogP contribution >= 0.6 is 47.0 Å². The second-order valence-corrected chi connectivity index (χ2v) is 8.92. The first-order chi connectivity index (χ1) is 10.7. The quantitative estimate of drug-likeness (QED) is 0.678. The van der Waals surface area contributed by atoms with Crippen molar-refractivity contribution in [2.24, 2.45) is 0 Å². The highest BCUT2D eigenvalue weighted by atomic mass is 32.2. The summed E-state index contributed by atoms with van der Waals surface area (Å²) in [6.45, 7) is 0. The number of hydrogen-bond donors (Lipinski definition) is 0. The topological polar surface area (TPSA) is 52.6 Å². The van der Waals surface area contributed by atoms with E-state index in [2.05, 4.69) is 0 Å². The number of hydrogen-bond acceptors (Lipinski definition) is 8. The Balaban J connectivity index is 1.97. The average molecular weight is 373 g/mol. The van der Waals surface area contributed by atoms with Crippen LogP contribution in [0.15, 0.2) is 41.4 Å². The molecule has 116 valence electrons. The molecule has 0 N–H and O–H groups in total. The maximum Gasteiger partial charge on any atom is 0.335 e. The number of carbonyl (C=O) groups excluding carboxylic acids is 2. The van der Waals surface area contributed by atoms with Crippen molar-refractivity contribution >= 4 is 59.0 Å². The van der Waals surface area contributed by atoms with E-state index in [0.717, 1.165) is 4.91 Å². The smallest absolute Gasteiger partial charge is 0.335 e. The Morgan fingerprint density at radius 2 is 1.77 bits per heavy atom. The standard InChI is InChI=1S/C14H12O4S4/c1-17-11(15)7-3-4-8-10(9(7)12(16)18-2)22-14(21-8)13-19-5-6-20-13/h4-6,10H,3H2,1-2H3/t10-/m1/s1. The Hall–Kier alpha value is -0.700. The van der Waals surface area contributed by atoms with Crippen molar-refractivity contribution < 1.29 is 19.1 Å². The number of ether oxygens (including phenoxy) is 2. The molecule has 1 saturated heterocycles. The van der Waals surface area contributed by atoms with Crippen LogP contribution < -0.4 is 0 Å². The fourth-order valence-electron chi connectivity index (χ4n) is 2.22. The lowest BCUT2D eigenvalue weighted by Crippen LogP contribution is -2.24. The Morgan fingerprint density at radius 1 is 1.09 bits per heavy atom. The van der Waals surface area contributed by atoms with E-state index in [0.29, 0.717) is 17.6 Å². The van der Waals surface area contributed by atoms with E-state index in [1.807, 2.05) is 16.9 Å². The van der Waals surface area contributed by atoms with Crippen LogP contribution in [0.1, 0.15) is 6.42 Å². The predicted octanol–water partition coefficient (Wildman–Crippen LogP) is 3.84. The third-order valence-corrected chi connectivity index (χ3v) is 8.70. The van der Waals surface area contributed by atoms with Gasteiger partial charge >= 0.3 is 11.9 Å². The molecule has 0 bridgehead atoms. The van der Waals surface area contributed by atoms with Crippen molar-refractivity contribution in [1.29, 1.82) is 0 Å². The van der Waals surface area contributed by atoms with Crippen LogP contribution in [-0.4, -0.2) is 31.4 Å². The molecule has 8 heteroatoms. The number of allylic oxidation sites excluding steroid dienone is 1. The Bertz CT molecular complexity index is 650. The van der Waals surface area contributed by atoms with Crippen LogP contribution in [0.25, 0.3) is 0 Å². The highest BCUT2D eigenvalue weighted by Gasteiger charge is 2.40. The molecule has 0 unspecified atom stereocenters. The minimum Gasteiger partial charge on any atom is -0.466 e. The van der Waals surface area contributed by atoms with E-state index >= 15 is 0 Å². The fourth-order valence-corrected chi connectivity index (χ4v) is 7.40. The number of carbonyl (C=O) groups is 2. The predicted molar refractivity (Wildman–Crippen MR) is 94.1 cm³/mol. The molecular formula is C14H12O4S4. The van der Waals surface area contributed by atoms with Crippen molar-refractivity contribution in [3.63, 3.8) is 0 Å². The second-order valence-electron chi connectivity index (χ2n) is 4.37. The Morgan fingerprint density at radius 3 is 2.41 bits per heavy atom. The zero-order valence-electron chi connectivity index (χ0n) is 11.8. The zero-order chi connectivity index (χ0) is 15.7. The molecule has 0 aromatic rings. The van der Waals surface area contributed by atoms with Crippen molar-refractivity contribution in [3.05, 3.63) is 41.4 Å². The lowest BCUT2D eigenvalue weighted by Gasteiger charge is -2.20. The van der Waals surface area contributed by atoms with Crippen LogP contribution in [0, 0.1) is 0 Å². The van der Waals surface area contributed by atoms with E-state index in [1.165, 1.54) is 22.7 Å². The van der Waals surface area contributed by atoms with Gasteiger partial charge in [-0.1, -0.05) is 41.4 Å². The van der Waals surface area contributed by atoms with Gasteiger partial charge in [0.15, 0.2) is 0 Å². The summed E-state index contributed by atoms with van der Waals surface area (Å²) < 4.78 is 12.1. The molecule has 3 aliphatic rings. The maximum atomic E-state index is 12.2. The van der Waals surface area contributed by atoms with Crippen molar-refractivity contribution in [3.8, 4) is 0 Å². The zero-order valence-corrected chi connectivity index (χ0v) is 15.0. The van der Waals surface area contributed by atoms with Gasteiger partial charge in [-0.25, -0.2) is 9.59 Å². The van der Waals surface area contributed by atoms with Crippen LogP contribution in [0.4, 0.5) is 0 Å². The molecule has 3 rings (SSSR count). The third-order valence-electron chi connectivity index (χ3n) is 3.20. The van der Waals surface area contributed by atoms with E-state index in [-0.39, 0.29) is 5.25 Å². The van der Waals surface area contributed by atoms with E-state index in [1.54, 1.807) is 47.0 Å². The van der Waals surface area contributed by atoms with Gasteiger partial charge in [-0.05, 0) is 17.2 Å². The lowest BCUT2D eigenvalue weighted by atomic mass is 9.96. The average Bonchev–Trinajstić information content (AvgIpc) is 3.20. The summed E-state index contributed by atoms with van der Waals surface area (Å²) >= 11 is 6.64. The molecule has 4 nitrogen and oxygen atoms in total. The highest BCUT2D eigenvalue weighted by Crippen LogP contribution is 2.59. The minimum atomic E-state index is -0.464. The van der Waals surface area contributed by atoms with Gasteiger partial charge in [0.25, 0.3) is 0 Å². The molecular weight excluding hydrogens is 360 g/mol. The number of fused-ring (bicyclic) bond motifs is 1. The number of thioether (sulfide) groups is 4. The summed E-state index contributed by atoms with van der Waals surface area (Å²) in [6.07, 6.45) is 2.41. The minimum absolute atomic E-state index is 0.176. The summed E-state index contributed by atoms with van der Waals surface area (Å²) in [4.78, 5) is 25.2. The molecule has 0 saturated carbocycles. The number of methoxy groups -OCH3 is 2. The molecule has 0 amide bonds. The molecule has 1 fully saturated rings. The van der Waals surface area contributed by atoms with Crippen LogP contribution in [0.3, 0.4) is 0 Å². The maximum absolute atomic E-state index is 12.2. The lowest BCUT2D eigenvalue weighted by molar-refractivity contribution is -0.139. The monoisotopic (exact) mass is 372 g/mol. The fraction of sp³-hybridized carbons (Fsp3) is 0.286. The normalized spacial score (nSPS) is 23.5. The molecule has 22 heavy (non-hydrogen) atoms. The van der Waals surface area contributed by atoms with E-state index in [9.17, 15) is 9.59 Å². The molecule has 2 aliphatic heterocycles. The van der Waals surface area contributed by atoms with Gasteiger partial charge in [0, 0.05) is 4.91 Å². The van der Waals surface area contributed by atoms with Crippen LogP contribution in [0.5, 0.6) is 0 Å². The highest BCUT2D eigenvalue weighted by molar-refractivity contribution is 8.33. The summed E-state index contributed by atoms with van der Waals surface area (Å²) in [5, 5.41) is 3.91. The summed E-state index contributed by atoms with van der Waals surface area (Å²) in [7, 11) is 2.66. The molecule has 0 radical (unpaired) electrons. The largest absolute Gasteiger partial charge is 0.466 e. The van der Waals surface area contributed by atoms with E-state index < -0.39 is 11.9 Å². The first-order valence-electron chi connectivity index (χ1n) is 6.32. The van der Waals surface area contributed by atoms with Crippen LogP contribution in [0.2, 0.25) is 0 Å². The molecule has 0 aromatic heterocycles. The van der Waals surface area contributed by atoms with Gasteiger partial charge in [-0.15, -0.1) is 11.8 Å². The van der Waals surface area contributed by atoms with Gasteiger partial charge < -0.3 is 9.47 Å². The summed E-state index contributed by atoms with van der Waals surface area (Å²) in [5.41, 5.74) is 0.813. The van der Waals surface area contributed by atoms with E-state index in [4.69, 9.17) is 9.47 Å². The van der Waals surface area contributed by atoms with Crippen molar-refractivity contribution in [1.82, 2.24) is 0 Å². The van der Waals surface area contributed by atoms with Crippen molar-refractivity contribution in [2.75, 3.05) is 14.2 Å². The Kier molecular flexibility index (Phi) is 5.01. The van der Waals surface area contributed by atoms with Gasteiger partial charge in [-0.2, -0.15) is 0 Å². The van der Waals surface area contributed by atoms with Gasteiger partial charge in [0.1, 0.15) is 0 Å². The molecule has 2 heterocycles. The van der Waals surface area contributed by atoms with Crippen LogP contribution in [-0.2, 0) is 19.1 Å². The molecule has 0 aromatic carbocycles. The SMILES string of the molecule is COC(=O)C1=C(C(=O)OC)[C@@H]2SC(=C3SC=CS3)SC2=CC1. The summed E-state index contributed by atoms with van der Waals surface area (Å²) in [5.74, 6) is -0.922. The van der Waals surface area contributed by atoms with Gasteiger partial charge in [0.2, 0.25) is 0 Å². The second kappa shape index (κ2) is 6.82. The molecule has 1 atom stereocenters. The molecule has 0 spiro atoms. The summed E-state index contributed by atoms with van der Waals surface area (Å²) in [6, 6.07) is 0. The third kappa shape index (κ3) is 2.89. The Labute approximate surface area is 145 Å². The van der Waals surface area contributed by atoms with Gasteiger partial charge in [0.05, 0.1) is 39.1 Å². The van der Waals surface area contributed by atoms with Crippen molar-refractivity contribution in [2.45, 2.75) is 11.7 Å². The number of esters is 2. The number of rotatable bonds is 2. The first kappa shape index (κ1) is 16.2. The first-order valence-corrected chi connectivity index (χ1v) is 9.78.